The van der Waals surface area contributed by atoms with Crippen LogP contribution < -0.4 is 62.7 Å². The molecule has 2 aliphatic rings. The number of fused-ring (bicyclic) bond motifs is 2. The summed E-state index contributed by atoms with van der Waals surface area (Å²) >= 11 is 0. The van der Waals surface area contributed by atoms with Gasteiger partial charge in [-0.25, -0.2) is 29.0 Å². The minimum atomic E-state index is -1.08. The predicted octanol–water partition coefficient (Wildman–Crippen LogP) is -0.305. The molecule has 0 saturated heterocycles. The van der Waals surface area contributed by atoms with Crippen LogP contribution in [0.25, 0.3) is 0 Å². The molecule has 21 nitrogen and oxygen atoms in total. The molecule has 0 unspecified atom stereocenters. The summed E-state index contributed by atoms with van der Waals surface area (Å²) < 4.78 is 3.61. The van der Waals surface area contributed by atoms with Gasteiger partial charge in [0, 0.05) is 55.6 Å². The van der Waals surface area contributed by atoms with Crippen LogP contribution in [0.1, 0.15) is 106 Å². The van der Waals surface area contributed by atoms with Crippen molar-refractivity contribution in [2.24, 2.45) is 0 Å². The standard InChI is InChI=1S/C16H13N3O4.C8H7N3O2.C8H6O3.C4H6O4.C2H3BO2.CH4.Na/c17-10-5-6-11(13-12(10)14(20)19-15(13)21)18-7-8-3-1-2-4-9(8)16(22)23;9-3-1-2-4(10)6-5(3)7(12)11-8(6)13;9-5-6-3-1-2-4-7(6)8(10)11;1-3(5)7-8-4(2)6;1-2(4)5-3;;/h1-6,18H,7,17H2,(H,22,23)(H,19,20,21);1-2H,9-10H2,(H,11,12,13);1-5H,(H,10,11);1-2H3;1H3;1H4;/q;;;;-1;;+1. The second-order valence-electron chi connectivity index (χ2n) is 11.6. The summed E-state index contributed by atoms with van der Waals surface area (Å²) in [4.78, 5) is 115. The van der Waals surface area contributed by atoms with Gasteiger partial charge in [0.15, 0.2) is 6.29 Å². The number of benzene rings is 4. The summed E-state index contributed by atoms with van der Waals surface area (Å²) in [7, 11) is 4.32. The summed E-state index contributed by atoms with van der Waals surface area (Å²) in [5.74, 6) is -5.87. The van der Waals surface area contributed by atoms with Gasteiger partial charge >= 0.3 is 53.4 Å². The van der Waals surface area contributed by atoms with Crippen LogP contribution in [0.2, 0.25) is 0 Å². The summed E-state index contributed by atoms with van der Waals surface area (Å²) in [6.07, 6.45) is 0.531. The van der Waals surface area contributed by atoms with Gasteiger partial charge in [0.2, 0.25) is 5.97 Å². The molecule has 4 aromatic carbocycles. The summed E-state index contributed by atoms with van der Waals surface area (Å²) in [6.45, 7) is 3.71. The van der Waals surface area contributed by atoms with Crippen molar-refractivity contribution < 1.29 is 102 Å². The number of rotatable bonds is 6. The first-order valence-electron chi connectivity index (χ1n) is 16.6. The second-order valence-corrected chi connectivity index (χ2v) is 11.6. The molecule has 2 heterocycles. The molecule has 2 aliphatic heterocycles. The largest absolute Gasteiger partial charge is 1.00 e. The van der Waals surface area contributed by atoms with E-state index in [1.54, 1.807) is 36.4 Å². The van der Waals surface area contributed by atoms with E-state index < -0.39 is 53.5 Å². The van der Waals surface area contributed by atoms with Crippen LogP contribution in [-0.4, -0.2) is 78.0 Å². The Hall–Kier alpha value is -7.56. The van der Waals surface area contributed by atoms with Crippen LogP contribution >= 0.6 is 0 Å². The predicted molar refractivity (Wildman–Crippen MR) is 217 cm³/mol. The van der Waals surface area contributed by atoms with Gasteiger partial charge in [-0.1, -0.05) is 43.8 Å². The molecule has 0 bridgehead atoms. The quantitative estimate of drug-likeness (QED) is 0.0308. The summed E-state index contributed by atoms with van der Waals surface area (Å²) in [6, 6.07) is 18.8. The number of carboxylic acid groups (broad SMARTS) is 2. The number of nitrogen functional groups attached to an aromatic ring is 3. The Bertz CT molecular complexity index is 2320. The Labute approximate surface area is 376 Å². The van der Waals surface area contributed by atoms with Crippen molar-refractivity contribution >= 4 is 90.6 Å². The number of carbonyl (C=O) groups excluding carboxylic acids is 8. The summed E-state index contributed by atoms with van der Waals surface area (Å²) in [5, 5.41) is 25.0. The van der Waals surface area contributed by atoms with Gasteiger partial charge in [-0.3, -0.25) is 39.4 Å². The molecule has 23 heteroatoms. The first-order valence-corrected chi connectivity index (χ1v) is 16.6. The fraction of sp³-hybridized carbons (Fsp3) is 0.128. The Morgan fingerprint density at radius 1 is 0.629 bits per heavy atom. The number of carbonyl (C=O) groups is 10. The first kappa shape index (κ1) is 54.4. The average molecular weight is 866 g/mol. The van der Waals surface area contributed by atoms with Crippen molar-refractivity contribution in [3.05, 3.63) is 117 Å². The van der Waals surface area contributed by atoms with Crippen LogP contribution in [0.5, 0.6) is 0 Å². The minimum Gasteiger partial charge on any atom is -0.793 e. The molecule has 0 fully saturated rings. The number of hydrogen-bond acceptors (Lipinski definition) is 17. The number of aldehydes is 1. The maximum Gasteiger partial charge on any atom is 1.00 e. The van der Waals surface area contributed by atoms with Crippen molar-refractivity contribution in [3.8, 4) is 0 Å². The van der Waals surface area contributed by atoms with Crippen molar-refractivity contribution in [1.82, 2.24) is 10.6 Å². The van der Waals surface area contributed by atoms with E-state index in [9.17, 15) is 53.1 Å². The molecule has 4 aromatic rings. The van der Waals surface area contributed by atoms with Crippen LogP contribution in [0.4, 0.5) is 22.7 Å². The zero-order valence-electron chi connectivity index (χ0n) is 32.7. The van der Waals surface area contributed by atoms with E-state index >= 15 is 0 Å². The fourth-order valence-electron chi connectivity index (χ4n) is 4.81. The van der Waals surface area contributed by atoms with Crippen molar-refractivity contribution in [2.45, 2.75) is 34.7 Å². The van der Waals surface area contributed by atoms with Crippen LogP contribution in [0, 0.1) is 0 Å². The maximum absolute atomic E-state index is 11.9. The fourth-order valence-corrected chi connectivity index (χ4v) is 4.81. The molecule has 11 N–H and O–H groups in total. The number of anilines is 4. The Morgan fingerprint density at radius 3 is 1.39 bits per heavy atom. The SMILES string of the molecule is C.CC(=O)OOC(C)=O.Nc1ccc(N)c2c1C(=O)NC2=O.Nc1ccc(NCc2ccccc2C(=O)O)c2c1C(=O)NC2=O.O=Cc1ccccc1C(=O)O.[B-]OC(C)=O.[Na+]. The number of aromatic carboxylic acids is 2. The summed E-state index contributed by atoms with van der Waals surface area (Å²) in [5.41, 5.74) is 19.7. The molecule has 0 saturated carbocycles. The second kappa shape index (κ2) is 25.8. The van der Waals surface area contributed by atoms with Gasteiger partial charge in [0.1, 0.15) is 0 Å². The smallest absolute Gasteiger partial charge is 0.793 e. The normalized spacial score (nSPS) is 10.8. The zero-order valence-corrected chi connectivity index (χ0v) is 34.7. The molecule has 4 amide bonds. The topological polar surface area (TPSA) is 353 Å². The van der Waals surface area contributed by atoms with E-state index in [0.29, 0.717) is 17.5 Å². The van der Waals surface area contributed by atoms with Crippen molar-refractivity contribution in [3.63, 3.8) is 0 Å². The third-order valence-corrected chi connectivity index (χ3v) is 7.35. The van der Waals surface area contributed by atoms with E-state index in [2.05, 4.69) is 38.4 Å². The van der Waals surface area contributed by atoms with Gasteiger partial charge in [0.05, 0.1) is 33.4 Å². The van der Waals surface area contributed by atoms with Gasteiger partial charge in [-0.2, -0.15) is 0 Å². The van der Waals surface area contributed by atoms with Gasteiger partial charge in [-0.15, -0.1) is 0 Å². The Balaban J connectivity index is 0.000000819. The molecular formula is C39H39BN6NaO15. The number of nitrogens with one attached hydrogen (secondary N) is 3. The van der Waals surface area contributed by atoms with E-state index in [1.807, 2.05) is 0 Å². The Kier molecular flexibility index (Phi) is 22.7. The third-order valence-electron chi connectivity index (χ3n) is 7.35. The molecule has 6 rings (SSSR count). The van der Waals surface area contributed by atoms with E-state index in [-0.39, 0.29) is 99.5 Å². The molecular weight excluding hydrogens is 826 g/mol. The third kappa shape index (κ3) is 15.6. The maximum atomic E-state index is 11.9. The van der Waals surface area contributed by atoms with Crippen LogP contribution in [-0.2, 0) is 35.4 Å². The van der Waals surface area contributed by atoms with E-state index in [1.165, 1.54) is 43.3 Å². The van der Waals surface area contributed by atoms with Crippen molar-refractivity contribution in [1.29, 1.82) is 0 Å². The zero-order chi connectivity index (χ0) is 45.3. The number of nitrogens with two attached hydrogens (primary N) is 3. The molecule has 0 spiro atoms. The van der Waals surface area contributed by atoms with E-state index in [0.717, 1.165) is 13.8 Å². The molecule has 3 radical (unpaired) electrons. The monoisotopic (exact) mass is 865 g/mol. The molecule has 0 atom stereocenters. The van der Waals surface area contributed by atoms with Crippen molar-refractivity contribution in [2.75, 3.05) is 22.5 Å². The van der Waals surface area contributed by atoms with Crippen LogP contribution in [0.3, 0.4) is 0 Å². The number of hydrogen-bond donors (Lipinski definition) is 8. The minimum absolute atomic E-state index is 0. The van der Waals surface area contributed by atoms with Gasteiger partial charge < -0.3 is 45.4 Å². The van der Waals surface area contributed by atoms with Crippen LogP contribution in [0.15, 0.2) is 72.8 Å². The number of imide groups is 2. The number of carboxylic acids is 2. The first-order chi connectivity index (χ1) is 28.2. The molecule has 0 aromatic heterocycles. The average Bonchev–Trinajstić information content (AvgIpc) is 3.69. The molecule has 0 aliphatic carbocycles. The van der Waals surface area contributed by atoms with Gasteiger partial charge in [0.25, 0.3) is 23.6 Å². The molecule has 319 valence electrons. The number of amides is 4. The van der Waals surface area contributed by atoms with E-state index in [4.69, 9.17) is 22.3 Å². The Morgan fingerprint density at radius 2 is 1.00 bits per heavy atom. The van der Waals surface area contributed by atoms with Gasteiger partial charge in [-0.05, 0) is 42.0 Å². The molecule has 62 heavy (non-hydrogen) atoms.